The molecule has 1 aliphatic heterocycles. The molecule has 24 heavy (non-hydrogen) atoms. The van der Waals surface area contributed by atoms with E-state index >= 15 is 0 Å². The number of likely N-dealkylation sites (N-methyl/N-ethyl adjacent to an activating group) is 1. The number of rotatable bonds is 4. The van der Waals surface area contributed by atoms with Crippen LogP contribution in [-0.4, -0.2) is 60.2 Å². The van der Waals surface area contributed by atoms with Crippen molar-refractivity contribution in [1.82, 2.24) is 19.9 Å². The van der Waals surface area contributed by atoms with Gasteiger partial charge in [0.05, 0.1) is 7.11 Å². The molecule has 2 aromatic rings. The van der Waals surface area contributed by atoms with E-state index in [4.69, 9.17) is 4.74 Å². The number of ether oxygens (including phenoxy) is 1. The highest BCUT2D eigenvalue weighted by molar-refractivity contribution is 5.60. The van der Waals surface area contributed by atoms with Gasteiger partial charge in [-0.3, -0.25) is 0 Å². The van der Waals surface area contributed by atoms with Gasteiger partial charge in [0.2, 0.25) is 11.9 Å². The van der Waals surface area contributed by atoms with Gasteiger partial charge in [-0.1, -0.05) is 0 Å². The average molecular weight is 328 g/mol. The van der Waals surface area contributed by atoms with Crippen LogP contribution in [0, 0.1) is 13.8 Å². The van der Waals surface area contributed by atoms with Crippen LogP contribution in [-0.2, 0) is 0 Å². The lowest BCUT2D eigenvalue weighted by molar-refractivity contribution is 0.311. The molecule has 1 aliphatic rings. The maximum absolute atomic E-state index is 5.41. The van der Waals surface area contributed by atoms with Crippen molar-refractivity contribution in [3.05, 3.63) is 29.6 Å². The fourth-order valence-corrected chi connectivity index (χ4v) is 2.98. The van der Waals surface area contributed by atoms with Crippen LogP contribution in [0.15, 0.2) is 18.5 Å². The smallest absolute Gasteiger partial charge is 0.231 e. The molecule has 0 atom stereocenters. The minimum atomic E-state index is 0.558. The highest BCUT2D eigenvalue weighted by Crippen LogP contribution is 2.28. The van der Waals surface area contributed by atoms with Crippen LogP contribution in [0.1, 0.15) is 11.1 Å². The quantitative estimate of drug-likeness (QED) is 0.920. The van der Waals surface area contributed by atoms with Crippen molar-refractivity contribution < 1.29 is 4.74 Å². The molecule has 0 amide bonds. The molecule has 0 aliphatic carbocycles. The molecule has 7 nitrogen and oxygen atoms in total. The zero-order valence-electron chi connectivity index (χ0n) is 14.7. The number of nitrogens with zero attached hydrogens (tertiary/aromatic N) is 5. The van der Waals surface area contributed by atoms with Crippen LogP contribution in [0.3, 0.4) is 0 Å². The molecular weight excluding hydrogens is 304 g/mol. The second kappa shape index (κ2) is 7.00. The second-order valence-electron chi connectivity index (χ2n) is 6.17. The first-order chi connectivity index (χ1) is 11.6. The fraction of sp³-hybridized carbons (Fsp3) is 0.471. The predicted octanol–water partition coefficient (Wildman–Crippen LogP) is 1.99. The molecule has 0 saturated carbocycles. The Hall–Kier alpha value is -2.41. The molecule has 0 spiro atoms. The van der Waals surface area contributed by atoms with Gasteiger partial charge in [-0.2, -0.15) is 4.98 Å². The van der Waals surface area contributed by atoms with Gasteiger partial charge in [-0.15, -0.1) is 0 Å². The molecule has 1 saturated heterocycles. The van der Waals surface area contributed by atoms with Crippen molar-refractivity contribution >= 4 is 17.6 Å². The lowest BCUT2D eigenvalue weighted by Crippen LogP contribution is -2.45. The van der Waals surface area contributed by atoms with Crippen LogP contribution >= 0.6 is 0 Å². The zero-order chi connectivity index (χ0) is 17.1. The molecule has 1 N–H and O–H groups in total. The molecule has 3 rings (SSSR count). The Morgan fingerprint density at radius 2 is 1.71 bits per heavy atom. The summed E-state index contributed by atoms with van der Waals surface area (Å²) in [5, 5.41) is 3.27. The number of benzene rings is 1. The van der Waals surface area contributed by atoms with E-state index in [1.165, 1.54) is 0 Å². The minimum Gasteiger partial charge on any atom is -0.496 e. The lowest BCUT2D eigenvalue weighted by Gasteiger charge is -2.32. The number of aryl methyl sites for hydroxylation is 2. The third-order valence-corrected chi connectivity index (χ3v) is 4.27. The van der Waals surface area contributed by atoms with Gasteiger partial charge in [0.1, 0.15) is 12.1 Å². The first-order valence-electron chi connectivity index (χ1n) is 8.11. The molecule has 7 heteroatoms. The molecule has 0 radical (unpaired) electrons. The number of methoxy groups -OCH3 is 1. The van der Waals surface area contributed by atoms with Gasteiger partial charge in [0.15, 0.2) is 0 Å². The number of hydrogen-bond donors (Lipinski definition) is 1. The van der Waals surface area contributed by atoms with Crippen LogP contribution in [0.5, 0.6) is 5.75 Å². The van der Waals surface area contributed by atoms with Crippen molar-refractivity contribution in [3.63, 3.8) is 0 Å². The highest BCUT2D eigenvalue weighted by Gasteiger charge is 2.17. The highest BCUT2D eigenvalue weighted by atomic mass is 16.5. The van der Waals surface area contributed by atoms with E-state index in [1.54, 1.807) is 13.4 Å². The van der Waals surface area contributed by atoms with Crippen molar-refractivity contribution in [1.29, 1.82) is 0 Å². The van der Waals surface area contributed by atoms with Gasteiger partial charge in [0.25, 0.3) is 0 Å². The molecule has 1 fully saturated rings. The fourth-order valence-electron chi connectivity index (χ4n) is 2.98. The van der Waals surface area contributed by atoms with Crippen molar-refractivity contribution in [2.24, 2.45) is 0 Å². The number of piperazine rings is 1. The SMILES string of the molecule is COc1c(C)cc(Nc2ncnc(N3CCN(C)CC3)n2)cc1C. The Balaban J connectivity index is 1.77. The molecule has 0 bridgehead atoms. The molecule has 0 unspecified atom stereocenters. The average Bonchev–Trinajstić information content (AvgIpc) is 2.55. The van der Waals surface area contributed by atoms with E-state index in [2.05, 4.69) is 37.1 Å². The standard InChI is InChI=1S/C17H24N6O/c1-12-9-14(10-13(2)15(12)24-4)20-16-18-11-19-17(21-16)23-7-5-22(3)6-8-23/h9-11H,5-8H2,1-4H3,(H,18,19,20,21). The van der Waals surface area contributed by atoms with E-state index in [0.29, 0.717) is 5.95 Å². The Morgan fingerprint density at radius 1 is 1.04 bits per heavy atom. The molecule has 2 heterocycles. The maximum Gasteiger partial charge on any atom is 0.231 e. The summed E-state index contributed by atoms with van der Waals surface area (Å²) in [6.07, 6.45) is 1.56. The van der Waals surface area contributed by atoms with Crippen LogP contribution in [0.2, 0.25) is 0 Å². The predicted molar refractivity (Wildman–Crippen MR) is 95.3 cm³/mol. The van der Waals surface area contributed by atoms with Gasteiger partial charge < -0.3 is 19.9 Å². The van der Waals surface area contributed by atoms with E-state index in [9.17, 15) is 0 Å². The Bertz CT molecular complexity index is 689. The van der Waals surface area contributed by atoms with Crippen LogP contribution < -0.4 is 15.0 Å². The molecule has 128 valence electrons. The summed E-state index contributed by atoms with van der Waals surface area (Å²) in [5.41, 5.74) is 3.10. The van der Waals surface area contributed by atoms with Gasteiger partial charge >= 0.3 is 0 Å². The van der Waals surface area contributed by atoms with E-state index in [1.807, 2.05) is 26.0 Å². The summed E-state index contributed by atoms with van der Waals surface area (Å²) in [5.74, 6) is 2.19. The summed E-state index contributed by atoms with van der Waals surface area (Å²) >= 11 is 0. The monoisotopic (exact) mass is 328 g/mol. The Labute approximate surface area is 142 Å². The number of aromatic nitrogens is 3. The molecule has 1 aromatic heterocycles. The van der Waals surface area contributed by atoms with Crippen molar-refractivity contribution in [2.45, 2.75) is 13.8 Å². The second-order valence-corrected chi connectivity index (χ2v) is 6.17. The number of nitrogens with one attached hydrogen (secondary N) is 1. The summed E-state index contributed by atoms with van der Waals surface area (Å²) in [7, 11) is 3.82. The third-order valence-electron chi connectivity index (χ3n) is 4.27. The van der Waals surface area contributed by atoms with Gasteiger partial charge in [-0.05, 0) is 44.2 Å². The lowest BCUT2D eigenvalue weighted by atomic mass is 10.1. The summed E-state index contributed by atoms with van der Waals surface area (Å²) < 4.78 is 5.41. The number of anilines is 3. The number of hydrogen-bond acceptors (Lipinski definition) is 7. The van der Waals surface area contributed by atoms with E-state index in [0.717, 1.165) is 54.7 Å². The third kappa shape index (κ3) is 3.56. The maximum atomic E-state index is 5.41. The Morgan fingerprint density at radius 3 is 2.33 bits per heavy atom. The summed E-state index contributed by atoms with van der Waals surface area (Å²) in [6, 6.07) is 4.07. The largest absolute Gasteiger partial charge is 0.496 e. The topological polar surface area (TPSA) is 66.4 Å². The summed E-state index contributed by atoms with van der Waals surface area (Å²) in [4.78, 5) is 17.6. The first kappa shape index (κ1) is 16.4. The molecule has 1 aromatic carbocycles. The van der Waals surface area contributed by atoms with E-state index in [-0.39, 0.29) is 0 Å². The Kier molecular flexibility index (Phi) is 4.80. The normalized spacial score (nSPS) is 15.4. The molecular formula is C17H24N6O. The van der Waals surface area contributed by atoms with Crippen molar-refractivity contribution in [3.8, 4) is 5.75 Å². The van der Waals surface area contributed by atoms with Crippen molar-refractivity contribution in [2.75, 3.05) is 50.6 Å². The summed E-state index contributed by atoms with van der Waals surface area (Å²) in [6.45, 7) is 7.96. The minimum absolute atomic E-state index is 0.558. The van der Waals surface area contributed by atoms with Crippen LogP contribution in [0.4, 0.5) is 17.6 Å². The van der Waals surface area contributed by atoms with Crippen LogP contribution in [0.25, 0.3) is 0 Å². The van der Waals surface area contributed by atoms with Gasteiger partial charge in [0, 0.05) is 31.9 Å². The first-order valence-corrected chi connectivity index (χ1v) is 8.11. The zero-order valence-corrected chi connectivity index (χ0v) is 14.7. The van der Waals surface area contributed by atoms with E-state index < -0.39 is 0 Å². The van der Waals surface area contributed by atoms with Gasteiger partial charge in [-0.25, -0.2) is 9.97 Å².